The van der Waals surface area contributed by atoms with Crippen molar-refractivity contribution in [3.05, 3.63) is 57.6 Å². The van der Waals surface area contributed by atoms with E-state index in [1.54, 1.807) is 24.3 Å². The third-order valence-electron chi connectivity index (χ3n) is 3.07. The first kappa shape index (κ1) is 17.0. The summed E-state index contributed by atoms with van der Waals surface area (Å²) in [4.78, 5) is 11.8. The van der Waals surface area contributed by atoms with Gasteiger partial charge in [-0.15, -0.1) is 0 Å². The average molecular weight is 377 g/mol. The minimum absolute atomic E-state index is 0.115. The highest BCUT2D eigenvalue weighted by atomic mass is 79.9. The van der Waals surface area contributed by atoms with E-state index in [2.05, 4.69) is 26.5 Å². The summed E-state index contributed by atoms with van der Waals surface area (Å²) < 4.78 is 6.54. The van der Waals surface area contributed by atoms with Gasteiger partial charge in [0.15, 0.2) is 6.61 Å². The van der Waals surface area contributed by atoms with Crippen LogP contribution in [0.25, 0.3) is 0 Å². The van der Waals surface area contributed by atoms with Gasteiger partial charge in [0.05, 0.1) is 6.21 Å². The number of ether oxygens (including phenoxy) is 1. The summed E-state index contributed by atoms with van der Waals surface area (Å²) >= 11 is 3.42. The summed E-state index contributed by atoms with van der Waals surface area (Å²) in [7, 11) is 0. The number of phenols is 1. The number of carbonyl (C=O) groups excluding carboxylic acids is 1. The molecule has 120 valence electrons. The lowest BCUT2D eigenvalue weighted by Crippen LogP contribution is -2.25. The first-order chi connectivity index (χ1) is 11.0. The number of nitrogens with one attached hydrogen (secondary N) is 1. The molecule has 0 heterocycles. The Hall–Kier alpha value is -2.34. The second-order valence-electron chi connectivity index (χ2n) is 5.04. The van der Waals surface area contributed by atoms with Crippen molar-refractivity contribution < 1.29 is 14.6 Å². The lowest BCUT2D eigenvalue weighted by Gasteiger charge is -2.11. The van der Waals surface area contributed by atoms with Gasteiger partial charge in [-0.3, -0.25) is 4.79 Å². The van der Waals surface area contributed by atoms with Crippen molar-refractivity contribution in [2.75, 3.05) is 6.61 Å². The molecular weight excluding hydrogens is 360 g/mol. The topological polar surface area (TPSA) is 70.9 Å². The number of aryl methyl sites for hydroxylation is 2. The zero-order valence-electron chi connectivity index (χ0n) is 12.8. The fraction of sp³-hybridized carbons (Fsp3) is 0.176. The molecule has 0 aliphatic rings. The van der Waals surface area contributed by atoms with E-state index >= 15 is 0 Å². The van der Waals surface area contributed by atoms with Crippen LogP contribution in [0.1, 0.15) is 16.7 Å². The Labute approximate surface area is 143 Å². The summed E-state index contributed by atoms with van der Waals surface area (Å²) in [6.07, 6.45) is 1.49. The predicted molar refractivity (Wildman–Crippen MR) is 93.0 cm³/mol. The zero-order chi connectivity index (χ0) is 16.8. The monoisotopic (exact) mass is 376 g/mol. The summed E-state index contributed by atoms with van der Waals surface area (Å²) in [6.45, 7) is 3.73. The first-order valence-electron chi connectivity index (χ1n) is 6.96. The molecule has 2 rings (SSSR count). The van der Waals surface area contributed by atoms with Crippen molar-refractivity contribution in [2.24, 2.45) is 5.10 Å². The molecule has 0 aliphatic carbocycles. The number of hydrogen-bond acceptors (Lipinski definition) is 4. The zero-order valence-corrected chi connectivity index (χ0v) is 14.4. The Balaban J connectivity index is 1.87. The van der Waals surface area contributed by atoms with Crippen LogP contribution in [0.2, 0.25) is 0 Å². The van der Waals surface area contributed by atoms with Crippen LogP contribution in [0, 0.1) is 13.8 Å². The van der Waals surface area contributed by atoms with Crippen molar-refractivity contribution in [3.8, 4) is 11.5 Å². The minimum Gasteiger partial charge on any atom is -0.508 e. The molecule has 0 saturated heterocycles. The lowest BCUT2D eigenvalue weighted by molar-refractivity contribution is -0.123. The summed E-state index contributed by atoms with van der Waals surface area (Å²) in [5.41, 5.74) is 5.08. The maximum atomic E-state index is 11.8. The maximum absolute atomic E-state index is 11.8. The largest absolute Gasteiger partial charge is 0.508 e. The smallest absolute Gasteiger partial charge is 0.277 e. The number of amides is 1. The molecule has 2 N–H and O–H groups in total. The van der Waals surface area contributed by atoms with Gasteiger partial charge in [-0.1, -0.05) is 15.9 Å². The Morgan fingerprint density at radius 2 is 1.87 bits per heavy atom. The Kier molecular flexibility index (Phi) is 5.76. The average Bonchev–Trinajstić information content (AvgIpc) is 2.48. The second-order valence-corrected chi connectivity index (χ2v) is 5.96. The van der Waals surface area contributed by atoms with E-state index in [0.29, 0.717) is 5.75 Å². The van der Waals surface area contributed by atoms with E-state index in [-0.39, 0.29) is 18.3 Å². The van der Waals surface area contributed by atoms with Gasteiger partial charge in [0.25, 0.3) is 5.91 Å². The molecule has 0 unspecified atom stereocenters. The Bertz CT molecular complexity index is 704. The predicted octanol–water partition coefficient (Wildman–Crippen LogP) is 3.30. The Morgan fingerprint density at radius 1 is 1.26 bits per heavy atom. The summed E-state index contributed by atoms with van der Waals surface area (Å²) in [5, 5.41) is 13.0. The number of carbonyl (C=O) groups is 1. The highest BCUT2D eigenvalue weighted by molar-refractivity contribution is 9.10. The van der Waals surface area contributed by atoms with Crippen LogP contribution in [0.5, 0.6) is 11.5 Å². The maximum Gasteiger partial charge on any atom is 0.277 e. The molecular formula is C17H17BrN2O3. The second kappa shape index (κ2) is 7.78. The van der Waals surface area contributed by atoms with Gasteiger partial charge in [0.2, 0.25) is 0 Å². The van der Waals surface area contributed by atoms with E-state index in [1.807, 2.05) is 26.0 Å². The lowest BCUT2D eigenvalue weighted by atomic mass is 10.1. The molecule has 5 nitrogen and oxygen atoms in total. The molecule has 2 aromatic rings. The SMILES string of the molecule is Cc1cc(Br)cc(C)c1OCC(=O)NN=Cc1ccc(O)cc1. The molecule has 0 aromatic heterocycles. The third-order valence-corrected chi connectivity index (χ3v) is 3.53. The molecule has 0 saturated carbocycles. The van der Waals surface area contributed by atoms with Crippen molar-refractivity contribution in [1.29, 1.82) is 0 Å². The minimum atomic E-state index is -0.346. The number of hydrogen-bond donors (Lipinski definition) is 2. The van der Waals surface area contributed by atoms with Gasteiger partial charge >= 0.3 is 0 Å². The van der Waals surface area contributed by atoms with Gasteiger partial charge in [-0.2, -0.15) is 5.10 Å². The van der Waals surface area contributed by atoms with Crippen molar-refractivity contribution in [2.45, 2.75) is 13.8 Å². The standard InChI is InChI=1S/C17H17BrN2O3/c1-11-7-14(18)8-12(2)17(11)23-10-16(22)20-19-9-13-3-5-15(21)6-4-13/h3-9,21H,10H2,1-2H3,(H,20,22). The third kappa shape index (κ3) is 5.10. The molecule has 0 fully saturated rings. The fourth-order valence-corrected chi connectivity index (χ4v) is 2.72. The number of phenolic OH excluding ortho intramolecular Hbond substituents is 1. The van der Waals surface area contributed by atoms with E-state index in [9.17, 15) is 9.90 Å². The molecule has 0 aliphatic heterocycles. The van der Waals surface area contributed by atoms with Crippen LogP contribution in [0.3, 0.4) is 0 Å². The molecule has 0 spiro atoms. The normalized spacial score (nSPS) is 10.7. The van der Waals surface area contributed by atoms with Crippen molar-refractivity contribution in [3.63, 3.8) is 0 Å². The highest BCUT2D eigenvalue weighted by Gasteiger charge is 2.08. The van der Waals surface area contributed by atoms with Gasteiger partial charge in [-0.05, 0) is 66.9 Å². The molecule has 23 heavy (non-hydrogen) atoms. The summed E-state index contributed by atoms with van der Waals surface area (Å²) in [5.74, 6) is 0.535. The number of rotatable bonds is 5. The summed E-state index contributed by atoms with van der Waals surface area (Å²) in [6, 6.07) is 10.3. The van der Waals surface area contributed by atoms with Crippen LogP contribution in [-0.4, -0.2) is 23.8 Å². The van der Waals surface area contributed by atoms with Crippen LogP contribution >= 0.6 is 15.9 Å². The quantitative estimate of drug-likeness (QED) is 0.621. The number of hydrazone groups is 1. The van der Waals surface area contributed by atoms with Gasteiger partial charge in [-0.25, -0.2) is 5.43 Å². The van der Waals surface area contributed by atoms with Crippen LogP contribution in [-0.2, 0) is 4.79 Å². The molecule has 6 heteroatoms. The highest BCUT2D eigenvalue weighted by Crippen LogP contribution is 2.27. The van der Waals surface area contributed by atoms with Crippen LogP contribution in [0.15, 0.2) is 46.0 Å². The number of benzene rings is 2. The van der Waals surface area contributed by atoms with Crippen molar-refractivity contribution >= 4 is 28.1 Å². The van der Waals surface area contributed by atoms with E-state index < -0.39 is 0 Å². The molecule has 0 radical (unpaired) electrons. The molecule has 0 bridgehead atoms. The molecule has 2 aromatic carbocycles. The van der Waals surface area contributed by atoms with E-state index in [0.717, 1.165) is 21.2 Å². The van der Waals surface area contributed by atoms with Crippen molar-refractivity contribution in [1.82, 2.24) is 5.43 Å². The van der Waals surface area contributed by atoms with Gasteiger partial charge in [0.1, 0.15) is 11.5 Å². The Morgan fingerprint density at radius 3 is 2.48 bits per heavy atom. The number of aromatic hydroxyl groups is 1. The van der Waals surface area contributed by atoms with Gasteiger partial charge < -0.3 is 9.84 Å². The van der Waals surface area contributed by atoms with Gasteiger partial charge in [0, 0.05) is 4.47 Å². The first-order valence-corrected chi connectivity index (χ1v) is 7.75. The van der Waals surface area contributed by atoms with E-state index in [4.69, 9.17) is 4.74 Å². The molecule has 1 amide bonds. The number of halogens is 1. The van der Waals surface area contributed by atoms with Crippen LogP contribution in [0.4, 0.5) is 0 Å². The fourth-order valence-electron chi connectivity index (χ4n) is 2.03. The van der Waals surface area contributed by atoms with E-state index in [1.165, 1.54) is 6.21 Å². The van der Waals surface area contributed by atoms with Crippen LogP contribution < -0.4 is 10.2 Å². The molecule has 0 atom stereocenters. The number of nitrogens with zero attached hydrogens (tertiary/aromatic N) is 1.